The number of hydrogen-bond donors (Lipinski definition) is 1. The molecule has 2 unspecified atom stereocenters. The monoisotopic (exact) mass is 142 g/mol. The van der Waals surface area contributed by atoms with Crippen molar-refractivity contribution in [2.24, 2.45) is 17.3 Å². The normalized spacial score (nSPS) is 39.3. The first-order chi connectivity index (χ1) is 4.51. The Morgan fingerprint density at radius 2 is 1.90 bits per heavy atom. The maximum atomic E-state index is 9.50. The predicted octanol–water partition coefficient (Wildman–Crippen LogP) is 2.05. The molecular formula is C9H18O. The quantitative estimate of drug-likeness (QED) is 0.625. The first kappa shape index (κ1) is 8.06. The average molecular weight is 142 g/mol. The van der Waals surface area contributed by atoms with E-state index in [1.165, 1.54) is 0 Å². The van der Waals surface area contributed by atoms with Crippen LogP contribution in [-0.2, 0) is 0 Å². The highest BCUT2D eigenvalue weighted by Gasteiger charge is 2.57. The first-order valence-corrected chi connectivity index (χ1v) is 4.19. The molecule has 0 radical (unpaired) electrons. The second-order valence-electron chi connectivity index (χ2n) is 4.11. The van der Waals surface area contributed by atoms with Crippen LogP contribution in [0.3, 0.4) is 0 Å². The van der Waals surface area contributed by atoms with E-state index in [2.05, 4.69) is 20.8 Å². The minimum absolute atomic E-state index is 0.0648. The number of aliphatic hydroxyl groups excluding tert-OH is 1. The standard InChI is InChI=1S/C9H18O/c1-5-7(10)8-6(2)9(8,3)4/h6-8,10H,5H2,1-4H3/t6?,7?,8-/m0/s1. The summed E-state index contributed by atoms with van der Waals surface area (Å²) in [5, 5.41) is 9.50. The molecule has 1 aliphatic carbocycles. The zero-order valence-corrected chi connectivity index (χ0v) is 7.39. The van der Waals surface area contributed by atoms with E-state index in [0.717, 1.165) is 6.42 Å². The van der Waals surface area contributed by atoms with Crippen LogP contribution in [0.25, 0.3) is 0 Å². The summed E-state index contributed by atoms with van der Waals surface area (Å²) >= 11 is 0. The Balaban J connectivity index is 2.48. The maximum Gasteiger partial charge on any atom is 0.0573 e. The molecule has 0 spiro atoms. The fourth-order valence-corrected chi connectivity index (χ4v) is 2.02. The Labute approximate surface area is 63.4 Å². The number of hydrogen-bond acceptors (Lipinski definition) is 1. The van der Waals surface area contributed by atoms with Crippen molar-refractivity contribution in [1.29, 1.82) is 0 Å². The van der Waals surface area contributed by atoms with Gasteiger partial charge in [0.1, 0.15) is 0 Å². The van der Waals surface area contributed by atoms with Gasteiger partial charge in [0.25, 0.3) is 0 Å². The molecule has 1 fully saturated rings. The van der Waals surface area contributed by atoms with Crippen LogP contribution in [0.15, 0.2) is 0 Å². The van der Waals surface area contributed by atoms with Gasteiger partial charge in [-0.15, -0.1) is 0 Å². The van der Waals surface area contributed by atoms with E-state index in [1.807, 2.05) is 6.92 Å². The Morgan fingerprint density at radius 1 is 1.50 bits per heavy atom. The minimum Gasteiger partial charge on any atom is -0.393 e. The molecule has 0 saturated heterocycles. The lowest BCUT2D eigenvalue weighted by Gasteiger charge is -2.07. The summed E-state index contributed by atoms with van der Waals surface area (Å²) in [4.78, 5) is 0. The molecule has 1 nitrogen and oxygen atoms in total. The van der Waals surface area contributed by atoms with Crippen LogP contribution in [0.5, 0.6) is 0 Å². The summed E-state index contributed by atoms with van der Waals surface area (Å²) < 4.78 is 0. The molecule has 1 saturated carbocycles. The Kier molecular flexibility index (Phi) is 1.80. The highest BCUT2D eigenvalue weighted by Crippen LogP contribution is 2.59. The van der Waals surface area contributed by atoms with Gasteiger partial charge >= 0.3 is 0 Å². The van der Waals surface area contributed by atoms with E-state index in [1.54, 1.807) is 0 Å². The molecule has 1 rings (SSSR count). The van der Waals surface area contributed by atoms with Crippen molar-refractivity contribution in [1.82, 2.24) is 0 Å². The van der Waals surface area contributed by atoms with Crippen LogP contribution in [0.1, 0.15) is 34.1 Å². The van der Waals surface area contributed by atoms with Gasteiger partial charge in [-0.25, -0.2) is 0 Å². The second-order valence-corrected chi connectivity index (χ2v) is 4.11. The summed E-state index contributed by atoms with van der Waals surface area (Å²) in [7, 11) is 0. The summed E-state index contributed by atoms with van der Waals surface area (Å²) in [6, 6.07) is 0. The molecule has 0 aromatic heterocycles. The van der Waals surface area contributed by atoms with Crippen LogP contribution in [0, 0.1) is 17.3 Å². The van der Waals surface area contributed by atoms with Crippen LogP contribution in [-0.4, -0.2) is 11.2 Å². The van der Waals surface area contributed by atoms with Crippen LogP contribution < -0.4 is 0 Å². The van der Waals surface area contributed by atoms with E-state index in [-0.39, 0.29) is 6.10 Å². The van der Waals surface area contributed by atoms with Gasteiger partial charge in [-0.2, -0.15) is 0 Å². The maximum absolute atomic E-state index is 9.50. The molecule has 0 amide bonds. The average Bonchev–Trinajstić information content (AvgIpc) is 2.33. The summed E-state index contributed by atoms with van der Waals surface area (Å²) in [5.74, 6) is 1.26. The molecule has 60 valence electrons. The van der Waals surface area contributed by atoms with Crippen molar-refractivity contribution in [2.45, 2.75) is 40.2 Å². The van der Waals surface area contributed by atoms with Gasteiger partial charge < -0.3 is 5.11 Å². The van der Waals surface area contributed by atoms with Gasteiger partial charge in [0.05, 0.1) is 6.10 Å². The predicted molar refractivity (Wildman–Crippen MR) is 42.7 cm³/mol. The summed E-state index contributed by atoms with van der Waals surface area (Å²) in [6.45, 7) is 8.75. The molecule has 0 heterocycles. The molecule has 0 aliphatic heterocycles. The van der Waals surface area contributed by atoms with E-state index in [4.69, 9.17) is 0 Å². The SMILES string of the molecule is CCC(O)[C@@H]1C(C)C1(C)C. The Hall–Kier alpha value is -0.0400. The van der Waals surface area contributed by atoms with Crippen molar-refractivity contribution in [2.75, 3.05) is 0 Å². The molecule has 1 heteroatoms. The smallest absolute Gasteiger partial charge is 0.0573 e. The topological polar surface area (TPSA) is 20.2 Å². The molecule has 1 N–H and O–H groups in total. The van der Waals surface area contributed by atoms with E-state index in [0.29, 0.717) is 17.3 Å². The highest BCUT2D eigenvalue weighted by molar-refractivity contribution is 5.05. The zero-order valence-electron chi connectivity index (χ0n) is 7.39. The van der Waals surface area contributed by atoms with Gasteiger partial charge in [0.2, 0.25) is 0 Å². The lowest BCUT2D eigenvalue weighted by atomic mass is 10.0. The fraction of sp³-hybridized carbons (Fsp3) is 1.00. The van der Waals surface area contributed by atoms with Crippen molar-refractivity contribution in [3.8, 4) is 0 Å². The number of aliphatic hydroxyl groups is 1. The summed E-state index contributed by atoms with van der Waals surface area (Å²) in [6.07, 6.45) is 0.836. The first-order valence-electron chi connectivity index (χ1n) is 4.19. The Morgan fingerprint density at radius 3 is 2.00 bits per heavy atom. The molecule has 1 aliphatic rings. The van der Waals surface area contributed by atoms with Gasteiger partial charge in [0, 0.05) is 0 Å². The van der Waals surface area contributed by atoms with Crippen molar-refractivity contribution in [3.63, 3.8) is 0 Å². The molecule has 0 aromatic rings. The van der Waals surface area contributed by atoms with Crippen LogP contribution in [0.2, 0.25) is 0 Å². The van der Waals surface area contributed by atoms with Crippen molar-refractivity contribution >= 4 is 0 Å². The lowest BCUT2D eigenvalue weighted by Crippen LogP contribution is -2.11. The van der Waals surface area contributed by atoms with Gasteiger partial charge in [0.15, 0.2) is 0 Å². The Bertz CT molecular complexity index is 129. The second kappa shape index (κ2) is 2.23. The van der Waals surface area contributed by atoms with E-state index >= 15 is 0 Å². The zero-order chi connectivity index (χ0) is 7.94. The number of rotatable bonds is 2. The van der Waals surface area contributed by atoms with Crippen molar-refractivity contribution in [3.05, 3.63) is 0 Å². The molecule has 10 heavy (non-hydrogen) atoms. The summed E-state index contributed by atoms with van der Waals surface area (Å²) in [5.41, 5.74) is 0.398. The van der Waals surface area contributed by atoms with Crippen LogP contribution in [0.4, 0.5) is 0 Å². The minimum atomic E-state index is -0.0648. The third-order valence-corrected chi connectivity index (χ3v) is 3.30. The van der Waals surface area contributed by atoms with Gasteiger partial charge in [-0.1, -0.05) is 27.7 Å². The third-order valence-electron chi connectivity index (χ3n) is 3.30. The van der Waals surface area contributed by atoms with E-state index in [9.17, 15) is 5.11 Å². The van der Waals surface area contributed by atoms with Gasteiger partial charge in [-0.05, 0) is 23.7 Å². The van der Waals surface area contributed by atoms with Gasteiger partial charge in [-0.3, -0.25) is 0 Å². The highest BCUT2D eigenvalue weighted by atomic mass is 16.3. The largest absolute Gasteiger partial charge is 0.393 e. The molecule has 3 atom stereocenters. The lowest BCUT2D eigenvalue weighted by molar-refractivity contribution is 0.130. The van der Waals surface area contributed by atoms with Crippen LogP contribution >= 0.6 is 0 Å². The third kappa shape index (κ3) is 0.968. The fourth-order valence-electron chi connectivity index (χ4n) is 2.02. The molecule has 0 aromatic carbocycles. The molecular weight excluding hydrogens is 124 g/mol. The van der Waals surface area contributed by atoms with Crippen molar-refractivity contribution < 1.29 is 5.11 Å². The van der Waals surface area contributed by atoms with E-state index < -0.39 is 0 Å². The molecule has 0 bridgehead atoms.